The van der Waals surface area contributed by atoms with E-state index in [1.165, 1.54) is 19.1 Å². The van der Waals surface area contributed by atoms with Crippen LogP contribution in [0.2, 0.25) is 0 Å². The van der Waals surface area contributed by atoms with Gasteiger partial charge in [0.2, 0.25) is 0 Å². The summed E-state index contributed by atoms with van der Waals surface area (Å²) in [7, 11) is -3.73. The molecule has 0 aliphatic rings. The van der Waals surface area contributed by atoms with E-state index in [0.717, 1.165) is 11.3 Å². The molecule has 0 atom stereocenters. The van der Waals surface area contributed by atoms with Crippen LogP contribution in [-0.2, 0) is 10.0 Å². The topological polar surface area (TPSA) is 72.5 Å². The normalized spacial score (nSPS) is 11.0. The number of nitrogens with one attached hydrogen (secondary N) is 1. The molecule has 0 aliphatic carbocycles. The lowest BCUT2D eigenvalue weighted by Gasteiger charge is -2.11. The number of benzene rings is 3. The van der Waals surface area contributed by atoms with Crippen LogP contribution in [0.5, 0.6) is 11.5 Å². The molecular formula is C21H19NO4S. The lowest BCUT2D eigenvalue weighted by Crippen LogP contribution is -2.12. The van der Waals surface area contributed by atoms with E-state index in [2.05, 4.69) is 4.72 Å². The van der Waals surface area contributed by atoms with Gasteiger partial charge in [-0.25, -0.2) is 8.42 Å². The summed E-state index contributed by atoms with van der Waals surface area (Å²) in [5.41, 5.74) is 1.90. The number of ether oxygens (including phenoxy) is 1. The van der Waals surface area contributed by atoms with Crippen LogP contribution in [0.25, 0.3) is 0 Å². The molecule has 138 valence electrons. The molecule has 0 spiro atoms. The van der Waals surface area contributed by atoms with Gasteiger partial charge in [0, 0.05) is 11.3 Å². The number of ketones is 1. The molecule has 0 saturated heterocycles. The van der Waals surface area contributed by atoms with Gasteiger partial charge in [-0.15, -0.1) is 0 Å². The maximum Gasteiger partial charge on any atom is 0.261 e. The quantitative estimate of drug-likeness (QED) is 0.623. The highest BCUT2D eigenvalue weighted by Gasteiger charge is 2.14. The molecule has 1 N–H and O–H groups in total. The van der Waals surface area contributed by atoms with Crippen molar-refractivity contribution >= 4 is 21.5 Å². The van der Waals surface area contributed by atoms with Crippen molar-refractivity contribution in [2.24, 2.45) is 0 Å². The Bertz CT molecular complexity index is 1060. The largest absolute Gasteiger partial charge is 0.457 e. The summed E-state index contributed by atoms with van der Waals surface area (Å²) in [4.78, 5) is 11.4. The van der Waals surface area contributed by atoms with Gasteiger partial charge in [0.25, 0.3) is 10.0 Å². The molecular weight excluding hydrogens is 362 g/mol. The monoisotopic (exact) mass is 381 g/mol. The Morgan fingerprint density at radius 1 is 0.889 bits per heavy atom. The number of carbonyl (C=O) groups excluding carboxylic acids is 1. The zero-order chi connectivity index (χ0) is 19.4. The van der Waals surface area contributed by atoms with Crippen LogP contribution in [-0.4, -0.2) is 14.2 Å². The third-order valence-electron chi connectivity index (χ3n) is 4.00. The number of aryl methyl sites for hydroxylation is 1. The predicted molar refractivity (Wildman–Crippen MR) is 105 cm³/mol. The van der Waals surface area contributed by atoms with E-state index in [0.29, 0.717) is 17.0 Å². The van der Waals surface area contributed by atoms with Gasteiger partial charge in [-0.3, -0.25) is 9.52 Å². The van der Waals surface area contributed by atoms with E-state index in [1.54, 1.807) is 36.4 Å². The highest BCUT2D eigenvalue weighted by atomic mass is 32.2. The molecule has 6 heteroatoms. The summed E-state index contributed by atoms with van der Waals surface area (Å²) in [6, 6.07) is 20.1. The van der Waals surface area contributed by atoms with Crippen LogP contribution in [0.3, 0.4) is 0 Å². The van der Waals surface area contributed by atoms with E-state index < -0.39 is 10.0 Å². The Morgan fingerprint density at radius 2 is 1.52 bits per heavy atom. The van der Waals surface area contributed by atoms with Gasteiger partial charge in [0.15, 0.2) is 5.78 Å². The fourth-order valence-corrected chi connectivity index (χ4v) is 3.53. The third-order valence-corrected chi connectivity index (χ3v) is 5.40. The van der Waals surface area contributed by atoms with Crippen molar-refractivity contribution in [3.05, 3.63) is 83.9 Å². The van der Waals surface area contributed by atoms with Gasteiger partial charge >= 0.3 is 0 Å². The molecule has 0 amide bonds. The van der Waals surface area contributed by atoms with Crippen molar-refractivity contribution in [2.45, 2.75) is 18.7 Å². The molecule has 5 nitrogen and oxygen atoms in total. The van der Waals surface area contributed by atoms with Crippen molar-refractivity contribution < 1.29 is 17.9 Å². The average Bonchev–Trinajstić information content (AvgIpc) is 2.64. The number of carbonyl (C=O) groups is 1. The highest BCUT2D eigenvalue weighted by Crippen LogP contribution is 2.26. The molecule has 0 saturated carbocycles. The second-order valence-electron chi connectivity index (χ2n) is 6.08. The van der Waals surface area contributed by atoms with E-state index in [9.17, 15) is 13.2 Å². The maximum atomic E-state index is 12.5. The zero-order valence-electron chi connectivity index (χ0n) is 15.0. The number of rotatable bonds is 6. The van der Waals surface area contributed by atoms with Crippen molar-refractivity contribution in [3.63, 3.8) is 0 Å². The first-order valence-electron chi connectivity index (χ1n) is 8.32. The van der Waals surface area contributed by atoms with E-state index in [1.807, 2.05) is 31.2 Å². The Labute approximate surface area is 158 Å². The highest BCUT2D eigenvalue weighted by molar-refractivity contribution is 7.92. The maximum absolute atomic E-state index is 12.5. The van der Waals surface area contributed by atoms with E-state index in [4.69, 9.17) is 4.74 Å². The van der Waals surface area contributed by atoms with Gasteiger partial charge in [-0.1, -0.05) is 18.2 Å². The second-order valence-corrected chi connectivity index (χ2v) is 7.76. The average molecular weight is 381 g/mol. The van der Waals surface area contributed by atoms with Crippen molar-refractivity contribution in [3.8, 4) is 11.5 Å². The van der Waals surface area contributed by atoms with E-state index in [-0.39, 0.29) is 10.7 Å². The van der Waals surface area contributed by atoms with Crippen LogP contribution in [0.1, 0.15) is 22.8 Å². The van der Waals surface area contributed by atoms with Crippen LogP contribution in [0, 0.1) is 6.92 Å². The Morgan fingerprint density at radius 3 is 2.11 bits per heavy atom. The van der Waals surface area contributed by atoms with E-state index >= 15 is 0 Å². The molecule has 0 unspecified atom stereocenters. The van der Waals surface area contributed by atoms with Crippen molar-refractivity contribution in [1.82, 2.24) is 0 Å². The first-order valence-corrected chi connectivity index (χ1v) is 9.81. The SMILES string of the molecule is CC(=O)c1ccc(NS(=O)(=O)c2ccc(Oc3ccccc3C)cc2)cc1. The van der Waals surface area contributed by atoms with Crippen molar-refractivity contribution in [1.29, 1.82) is 0 Å². The summed E-state index contributed by atoms with van der Waals surface area (Å²) >= 11 is 0. The first kappa shape index (κ1) is 18.7. The number of hydrogen-bond acceptors (Lipinski definition) is 4. The van der Waals surface area contributed by atoms with Crippen LogP contribution < -0.4 is 9.46 Å². The van der Waals surface area contributed by atoms with Gasteiger partial charge < -0.3 is 4.74 Å². The Balaban J connectivity index is 1.75. The molecule has 0 bridgehead atoms. The number of sulfonamides is 1. The molecule has 0 heterocycles. The lowest BCUT2D eigenvalue weighted by molar-refractivity contribution is 0.101. The molecule has 3 rings (SSSR count). The fourth-order valence-electron chi connectivity index (χ4n) is 2.47. The minimum absolute atomic E-state index is 0.0753. The Hall–Kier alpha value is -3.12. The molecule has 0 radical (unpaired) electrons. The minimum Gasteiger partial charge on any atom is -0.457 e. The van der Waals surface area contributed by atoms with Gasteiger partial charge in [-0.2, -0.15) is 0 Å². The fraction of sp³-hybridized carbons (Fsp3) is 0.0952. The van der Waals surface area contributed by atoms with Crippen LogP contribution in [0.4, 0.5) is 5.69 Å². The molecule has 0 aliphatic heterocycles. The Kier molecular flexibility index (Phi) is 5.28. The standard InChI is InChI=1S/C21H19NO4S/c1-15-5-3-4-6-21(15)26-19-11-13-20(14-12-19)27(24,25)22-18-9-7-17(8-10-18)16(2)23/h3-14,22H,1-2H3. The summed E-state index contributed by atoms with van der Waals surface area (Å²) in [6.45, 7) is 3.40. The summed E-state index contributed by atoms with van der Waals surface area (Å²) in [5.74, 6) is 1.19. The summed E-state index contributed by atoms with van der Waals surface area (Å²) < 4.78 is 33.3. The van der Waals surface area contributed by atoms with Gasteiger partial charge in [0.1, 0.15) is 11.5 Å². The van der Waals surface area contributed by atoms with Crippen LogP contribution in [0.15, 0.2) is 77.7 Å². The molecule has 3 aromatic rings. The number of anilines is 1. The number of para-hydroxylation sites is 1. The molecule has 3 aromatic carbocycles. The molecule has 27 heavy (non-hydrogen) atoms. The molecule has 0 aromatic heterocycles. The third kappa shape index (κ3) is 4.54. The number of Topliss-reactive ketones (excluding diaryl/α,β-unsaturated/α-hetero) is 1. The summed E-state index contributed by atoms with van der Waals surface area (Å²) in [6.07, 6.45) is 0. The lowest BCUT2D eigenvalue weighted by atomic mass is 10.1. The second kappa shape index (κ2) is 7.63. The summed E-state index contributed by atoms with van der Waals surface area (Å²) in [5, 5.41) is 0. The van der Waals surface area contributed by atoms with Crippen molar-refractivity contribution in [2.75, 3.05) is 4.72 Å². The first-order chi connectivity index (χ1) is 12.8. The van der Waals surface area contributed by atoms with Crippen LogP contribution >= 0.6 is 0 Å². The minimum atomic E-state index is -3.73. The predicted octanol–water partition coefficient (Wildman–Crippen LogP) is 4.79. The smallest absolute Gasteiger partial charge is 0.261 e. The molecule has 0 fully saturated rings. The van der Waals surface area contributed by atoms with Gasteiger partial charge in [-0.05, 0) is 74.0 Å². The number of hydrogen-bond donors (Lipinski definition) is 1. The van der Waals surface area contributed by atoms with Gasteiger partial charge in [0.05, 0.1) is 4.90 Å². The zero-order valence-corrected chi connectivity index (χ0v) is 15.8.